The van der Waals surface area contributed by atoms with Crippen molar-refractivity contribution in [2.45, 2.75) is 13.1 Å². The Bertz CT molecular complexity index is 922. The fraction of sp³-hybridized carbons (Fsp3) is 0.105. The van der Waals surface area contributed by atoms with Crippen LogP contribution in [-0.4, -0.2) is 20.6 Å². The summed E-state index contributed by atoms with van der Waals surface area (Å²) >= 11 is 0. The molecule has 3 rings (SSSR count). The van der Waals surface area contributed by atoms with Gasteiger partial charge in [-0.05, 0) is 11.1 Å². The van der Waals surface area contributed by atoms with E-state index in [4.69, 9.17) is 5.11 Å². The van der Waals surface area contributed by atoms with Crippen molar-refractivity contribution in [2.75, 3.05) is 5.32 Å². The number of benzene rings is 2. The number of carbonyl (C=O) groups is 1. The number of nitrogens with zero attached hydrogens (tertiary/aromatic N) is 2. The topological polar surface area (TPSA) is 84.2 Å². The molecule has 126 valence electrons. The van der Waals surface area contributed by atoms with E-state index < -0.39 is 18.1 Å². The van der Waals surface area contributed by atoms with Gasteiger partial charge in [0, 0.05) is 6.54 Å². The van der Waals surface area contributed by atoms with Crippen LogP contribution in [0.1, 0.15) is 5.56 Å². The summed E-state index contributed by atoms with van der Waals surface area (Å²) in [4.78, 5) is 28.1. The molecule has 0 amide bonds. The highest BCUT2D eigenvalue weighted by atomic mass is 16.4. The van der Waals surface area contributed by atoms with Crippen LogP contribution in [0.2, 0.25) is 0 Å². The lowest BCUT2D eigenvalue weighted by Gasteiger charge is -2.13. The van der Waals surface area contributed by atoms with E-state index in [2.05, 4.69) is 10.3 Å². The number of aromatic nitrogens is 2. The molecule has 2 aromatic carbocycles. The van der Waals surface area contributed by atoms with Crippen LogP contribution >= 0.6 is 0 Å². The van der Waals surface area contributed by atoms with Crippen LogP contribution in [0.4, 0.5) is 5.82 Å². The largest absolute Gasteiger partial charge is 0.480 e. The van der Waals surface area contributed by atoms with Crippen LogP contribution in [0.25, 0.3) is 11.3 Å². The smallest absolute Gasteiger partial charge is 0.323 e. The van der Waals surface area contributed by atoms with Gasteiger partial charge in [0.25, 0.3) is 5.56 Å². The second kappa shape index (κ2) is 7.44. The highest BCUT2D eigenvalue weighted by Gasteiger charge is 2.14. The molecule has 0 spiro atoms. The number of nitrogens with one attached hydrogen (secondary N) is 1. The minimum absolute atomic E-state index is 0.129. The Morgan fingerprint density at radius 3 is 2.32 bits per heavy atom. The molecule has 3 aromatic rings. The Morgan fingerprint density at radius 2 is 1.68 bits per heavy atom. The van der Waals surface area contributed by atoms with Gasteiger partial charge in [-0.15, -0.1) is 0 Å². The van der Waals surface area contributed by atoms with E-state index in [-0.39, 0.29) is 5.82 Å². The number of hydrogen-bond donors (Lipinski definition) is 2. The number of carboxylic acid groups (broad SMARTS) is 1. The quantitative estimate of drug-likeness (QED) is 0.723. The zero-order valence-electron chi connectivity index (χ0n) is 13.4. The lowest BCUT2D eigenvalue weighted by molar-refractivity contribution is -0.137. The predicted molar refractivity (Wildman–Crippen MR) is 95.3 cm³/mol. The zero-order valence-corrected chi connectivity index (χ0v) is 13.4. The van der Waals surface area contributed by atoms with E-state index in [1.807, 2.05) is 60.7 Å². The first kappa shape index (κ1) is 16.4. The monoisotopic (exact) mass is 335 g/mol. The zero-order chi connectivity index (χ0) is 17.6. The van der Waals surface area contributed by atoms with E-state index in [0.717, 1.165) is 11.1 Å². The summed E-state index contributed by atoms with van der Waals surface area (Å²) in [5.41, 5.74) is 1.75. The van der Waals surface area contributed by atoms with E-state index in [1.165, 1.54) is 10.8 Å². The average molecular weight is 335 g/mol. The molecule has 25 heavy (non-hydrogen) atoms. The molecule has 0 bridgehead atoms. The summed E-state index contributed by atoms with van der Waals surface area (Å²) in [5.74, 6) is -0.954. The number of carboxylic acids is 1. The molecule has 0 saturated carbocycles. The molecule has 0 aliphatic carbocycles. The summed E-state index contributed by atoms with van der Waals surface area (Å²) in [6, 6.07) is 18.7. The second-order valence-electron chi connectivity index (χ2n) is 5.48. The van der Waals surface area contributed by atoms with E-state index in [1.54, 1.807) is 0 Å². The average Bonchev–Trinajstić information content (AvgIpc) is 2.63. The lowest BCUT2D eigenvalue weighted by Crippen LogP contribution is -2.29. The molecule has 1 aromatic heterocycles. The molecule has 6 heteroatoms. The number of aliphatic carboxylic acids is 1. The Labute approximate surface area is 144 Å². The Balaban J connectivity index is 1.96. The third-order valence-electron chi connectivity index (χ3n) is 3.72. The first-order valence-corrected chi connectivity index (χ1v) is 7.80. The van der Waals surface area contributed by atoms with Crippen molar-refractivity contribution in [3.63, 3.8) is 0 Å². The summed E-state index contributed by atoms with van der Waals surface area (Å²) in [7, 11) is 0. The van der Waals surface area contributed by atoms with Crippen molar-refractivity contribution in [3.05, 3.63) is 82.8 Å². The molecule has 2 N–H and O–H groups in total. The van der Waals surface area contributed by atoms with Crippen molar-refractivity contribution in [2.24, 2.45) is 0 Å². The highest BCUT2D eigenvalue weighted by molar-refractivity contribution is 5.69. The molecular formula is C19H17N3O3. The Kier molecular flexibility index (Phi) is 4.89. The first-order valence-electron chi connectivity index (χ1n) is 7.80. The van der Waals surface area contributed by atoms with Crippen LogP contribution < -0.4 is 10.9 Å². The fourth-order valence-corrected chi connectivity index (χ4v) is 2.52. The van der Waals surface area contributed by atoms with Crippen molar-refractivity contribution < 1.29 is 9.90 Å². The molecule has 0 atom stereocenters. The van der Waals surface area contributed by atoms with Crippen LogP contribution in [-0.2, 0) is 17.9 Å². The van der Waals surface area contributed by atoms with Crippen molar-refractivity contribution in [1.82, 2.24) is 9.55 Å². The molecule has 0 aliphatic rings. The first-order chi connectivity index (χ1) is 12.1. The van der Waals surface area contributed by atoms with Gasteiger partial charge in [-0.2, -0.15) is 0 Å². The standard InChI is InChI=1S/C19H17N3O3/c23-17(24)13-22-16(15-9-5-2-6-10-15)12-21-18(19(22)25)20-11-14-7-3-1-4-8-14/h1-10,12H,11,13H2,(H,20,21)(H,23,24). The van der Waals surface area contributed by atoms with E-state index in [9.17, 15) is 9.59 Å². The van der Waals surface area contributed by atoms with E-state index in [0.29, 0.717) is 12.2 Å². The summed E-state index contributed by atoms with van der Waals surface area (Å²) in [6.07, 6.45) is 1.52. The van der Waals surface area contributed by atoms with Crippen molar-refractivity contribution >= 4 is 11.8 Å². The molecule has 1 heterocycles. The highest BCUT2D eigenvalue weighted by Crippen LogP contribution is 2.17. The molecule has 0 saturated heterocycles. The summed E-state index contributed by atoms with van der Waals surface area (Å²) in [6.45, 7) is 0.00638. The molecule has 0 radical (unpaired) electrons. The van der Waals surface area contributed by atoms with Gasteiger partial charge in [0.2, 0.25) is 0 Å². The summed E-state index contributed by atoms with van der Waals surface area (Å²) < 4.78 is 1.22. The van der Waals surface area contributed by atoms with Gasteiger partial charge in [-0.25, -0.2) is 4.98 Å². The number of hydrogen-bond acceptors (Lipinski definition) is 4. The minimum atomic E-state index is -1.08. The molecule has 0 fully saturated rings. The van der Waals surface area contributed by atoms with E-state index >= 15 is 0 Å². The lowest BCUT2D eigenvalue weighted by atomic mass is 10.1. The second-order valence-corrected chi connectivity index (χ2v) is 5.48. The fourth-order valence-electron chi connectivity index (χ4n) is 2.52. The van der Waals surface area contributed by atoms with Crippen molar-refractivity contribution in [3.8, 4) is 11.3 Å². The van der Waals surface area contributed by atoms with Gasteiger partial charge in [-0.3, -0.25) is 14.2 Å². The van der Waals surface area contributed by atoms with Crippen LogP contribution in [0.5, 0.6) is 0 Å². The van der Waals surface area contributed by atoms with Crippen LogP contribution in [0, 0.1) is 0 Å². The minimum Gasteiger partial charge on any atom is -0.480 e. The number of rotatable bonds is 6. The van der Waals surface area contributed by atoms with Gasteiger partial charge in [0.15, 0.2) is 5.82 Å². The van der Waals surface area contributed by atoms with Gasteiger partial charge in [0.05, 0.1) is 11.9 Å². The Hall–Kier alpha value is -3.41. The maximum absolute atomic E-state index is 12.7. The molecule has 0 unspecified atom stereocenters. The third kappa shape index (κ3) is 3.92. The van der Waals surface area contributed by atoms with Gasteiger partial charge < -0.3 is 10.4 Å². The maximum Gasteiger partial charge on any atom is 0.323 e. The van der Waals surface area contributed by atoms with Gasteiger partial charge in [0.1, 0.15) is 6.54 Å². The SMILES string of the molecule is O=C(O)Cn1c(-c2ccccc2)cnc(NCc2ccccc2)c1=O. The summed E-state index contributed by atoms with van der Waals surface area (Å²) in [5, 5.41) is 12.1. The third-order valence-corrected chi connectivity index (χ3v) is 3.72. The molecule has 0 aliphatic heterocycles. The van der Waals surface area contributed by atoms with Crippen LogP contribution in [0.15, 0.2) is 71.7 Å². The maximum atomic E-state index is 12.7. The normalized spacial score (nSPS) is 10.4. The van der Waals surface area contributed by atoms with Crippen molar-refractivity contribution in [1.29, 1.82) is 0 Å². The van der Waals surface area contributed by atoms with Gasteiger partial charge in [-0.1, -0.05) is 60.7 Å². The Morgan fingerprint density at radius 1 is 1.04 bits per heavy atom. The molecule has 6 nitrogen and oxygen atoms in total. The van der Waals surface area contributed by atoms with Gasteiger partial charge >= 0.3 is 5.97 Å². The predicted octanol–water partition coefficient (Wildman–Crippen LogP) is 2.61. The van der Waals surface area contributed by atoms with Crippen LogP contribution in [0.3, 0.4) is 0 Å². The number of anilines is 1. The molecular weight excluding hydrogens is 318 g/mol.